The molecule has 114 valence electrons. The van der Waals surface area contributed by atoms with Gasteiger partial charge in [0.2, 0.25) is 10.0 Å². The molecule has 2 atom stereocenters. The molecule has 2 rings (SSSR count). The lowest BCUT2D eigenvalue weighted by Gasteiger charge is -2.20. The van der Waals surface area contributed by atoms with E-state index in [4.69, 9.17) is 0 Å². The smallest absolute Gasteiger partial charge is 0.243 e. The highest BCUT2D eigenvalue weighted by atomic mass is 32.2. The Morgan fingerprint density at radius 1 is 1.45 bits per heavy atom. The van der Waals surface area contributed by atoms with Gasteiger partial charge in [-0.1, -0.05) is 6.92 Å². The standard InChI is InChI=1S/C13H24N4O2S/c1-5-17-8-12(6-14-17)20(18,19)15-13-9-16(10(2)3)7-11(13)4/h6,8,10-11,13,15H,5,7,9H2,1-4H3/t11-,13-/m1/s1. The number of aromatic nitrogens is 2. The van der Waals surface area contributed by atoms with Crippen molar-refractivity contribution in [1.29, 1.82) is 0 Å². The number of nitrogens with one attached hydrogen (secondary N) is 1. The summed E-state index contributed by atoms with van der Waals surface area (Å²) >= 11 is 0. The molecule has 7 heteroatoms. The average molecular weight is 300 g/mol. The van der Waals surface area contributed by atoms with E-state index in [0.717, 1.165) is 13.1 Å². The highest BCUT2D eigenvalue weighted by Gasteiger charge is 2.34. The summed E-state index contributed by atoms with van der Waals surface area (Å²) in [5.41, 5.74) is 0. The summed E-state index contributed by atoms with van der Waals surface area (Å²) < 4.78 is 29.2. The Labute approximate surface area is 121 Å². The first kappa shape index (κ1) is 15.5. The van der Waals surface area contributed by atoms with E-state index in [0.29, 0.717) is 18.5 Å². The normalized spacial score (nSPS) is 24.6. The molecular formula is C13H24N4O2S. The third-order valence-corrected chi connectivity index (χ3v) is 5.37. The van der Waals surface area contributed by atoms with E-state index in [-0.39, 0.29) is 10.9 Å². The summed E-state index contributed by atoms with van der Waals surface area (Å²) in [4.78, 5) is 2.54. The Hall–Kier alpha value is -0.920. The minimum Gasteiger partial charge on any atom is -0.299 e. The zero-order valence-corrected chi connectivity index (χ0v) is 13.4. The molecule has 0 radical (unpaired) electrons. The van der Waals surface area contributed by atoms with Crippen molar-refractivity contribution in [2.75, 3.05) is 13.1 Å². The van der Waals surface area contributed by atoms with E-state index in [1.54, 1.807) is 10.9 Å². The SMILES string of the molecule is CCn1cc(S(=O)(=O)N[C@@H]2CN(C(C)C)C[C@H]2C)cn1. The van der Waals surface area contributed by atoms with Gasteiger partial charge >= 0.3 is 0 Å². The summed E-state index contributed by atoms with van der Waals surface area (Å²) in [7, 11) is -3.48. The van der Waals surface area contributed by atoms with Crippen LogP contribution < -0.4 is 4.72 Å². The summed E-state index contributed by atoms with van der Waals surface area (Å²) in [6.07, 6.45) is 2.98. The Morgan fingerprint density at radius 2 is 2.15 bits per heavy atom. The Bertz CT molecular complexity index is 552. The van der Waals surface area contributed by atoms with Gasteiger partial charge in [-0.25, -0.2) is 13.1 Å². The molecule has 0 spiro atoms. The number of hydrogen-bond acceptors (Lipinski definition) is 4. The number of likely N-dealkylation sites (tertiary alicyclic amines) is 1. The second kappa shape index (κ2) is 5.83. The first-order chi connectivity index (χ1) is 9.33. The molecule has 2 heterocycles. The molecule has 20 heavy (non-hydrogen) atoms. The van der Waals surface area contributed by atoms with Crippen molar-refractivity contribution >= 4 is 10.0 Å². The minimum absolute atomic E-state index is 0.0348. The summed E-state index contributed by atoms with van der Waals surface area (Å²) in [6, 6.07) is 0.405. The Morgan fingerprint density at radius 3 is 2.65 bits per heavy atom. The van der Waals surface area contributed by atoms with Gasteiger partial charge in [0, 0.05) is 37.9 Å². The first-order valence-electron chi connectivity index (χ1n) is 7.12. The monoisotopic (exact) mass is 300 g/mol. The summed E-state index contributed by atoms with van der Waals surface area (Å²) in [5.74, 6) is 0.313. The van der Waals surface area contributed by atoms with Gasteiger partial charge in [-0.3, -0.25) is 9.58 Å². The quantitative estimate of drug-likeness (QED) is 0.878. The number of aryl methyl sites for hydroxylation is 1. The van der Waals surface area contributed by atoms with Crippen LogP contribution in [0.15, 0.2) is 17.3 Å². The fraction of sp³-hybridized carbons (Fsp3) is 0.769. The largest absolute Gasteiger partial charge is 0.299 e. The Kier molecular flexibility index (Phi) is 4.51. The Balaban J connectivity index is 2.09. The van der Waals surface area contributed by atoms with Gasteiger partial charge in [0.15, 0.2) is 0 Å². The maximum Gasteiger partial charge on any atom is 0.243 e. The zero-order chi connectivity index (χ0) is 14.9. The van der Waals surface area contributed by atoms with E-state index in [1.165, 1.54) is 6.20 Å². The van der Waals surface area contributed by atoms with Crippen LogP contribution in [-0.2, 0) is 16.6 Å². The van der Waals surface area contributed by atoms with Gasteiger partial charge < -0.3 is 0 Å². The fourth-order valence-electron chi connectivity index (χ4n) is 2.50. The van der Waals surface area contributed by atoms with Crippen LogP contribution in [0.2, 0.25) is 0 Å². The third-order valence-electron chi connectivity index (χ3n) is 3.92. The number of nitrogens with zero attached hydrogens (tertiary/aromatic N) is 3. The van der Waals surface area contributed by atoms with Crippen molar-refractivity contribution in [2.45, 2.75) is 51.2 Å². The highest BCUT2D eigenvalue weighted by Crippen LogP contribution is 2.20. The molecule has 1 N–H and O–H groups in total. The van der Waals surface area contributed by atoms with Crippen LogP contribution in [0.5, 0.6) is 0 Å². The van der Waals surface area contributed by atoms with Crippen molar-refractivity contribution in [3.63, 3.8) is 0 Å². The topological polar surface area (TPSA) is 67.2 Å². The zero-order valence-electron chi connectivity index (χ0n) is 12.6. The molecule has 1 aromatic heterocycles. The lowest BCUT2D eigenvalue weighted by molar-refractivity contribution is 0.265. The van der Waals surface area contributed by atoms with Crippen molar-refractivity contribution in [3.05, 3.63) is 12.4 Å². The molecule has 0 unspecified atom stereocenters. The number of sulfonamides is 1. The average Bonchev–Trinajstić information content (AvgIpc) is 2.97. The first-order valence-corrected chi connectivity index (χ1v) is 8.60. The second-order valence-electron chi connectivity index (χ2n) is 5.78. The molecule has 0 aromatic carbocycles. The predicted molar refractivity (Wildman–Crippen MR) is 77.9 cm³/mol. The molecule has 1 aliphatic rings. The van der Waals surface area contributed by atoms with Crippen molar-refractivity contribution < 1.29 is 8.42 Å². The lowest BCUT2D eigenvalue weighted by Crippen LogP contribution is -2.40. The fourth-order valence-corrected chi connectivity index (χ4v) is 3.79. The van der Waals surface area contributed by atoms with Crippen LogP contribution in [0, 0.1) is 5.92 Å². The number of rotatable bonds is 5. The molecule has 1 aliphatic heterocycles. The van der Waals surface area contributed by atoms with E-state index < -0.39 is 10.0 Å². The van der Waals surface area contributed by atoms with E-state index in [2.05, 4.69) is 35.5 Å². The summed E-state index contributed by atoms with van der Waals surface area (Å²) in [6.45, 7) is 10.6. The number of hydrogen-bond donors (Lipinski definition) is 1. The molecular weight excluding hydrogens is 276 g/mol. The van der Waals surface area contributed by atoms with Crippen LogP contribution in [0.3, 0.4) is 0 Å². The van der Waals surface area contributed by atoms with Crippen LogP contribution in [0.25, 0.3) is 0 Å². The van der Waals surface area contributed by atoms with Crippen LogP contribution in [-0.4, -0.2) is 48.3 Å². The van der Waals surface area contributed by atoms with Crippen molar-refractivity contribution in [2.24, 2.45) is 5.92 Å². The van der Waals surface area contributed by atoms with Gasteiger partial charge in [0.05, 0.1) is 6.20 Å². The van der Waals surface area contributed by atoms with Gasteiger partial charge in [0.1, 0.15) is 4.90 Å². The second-order valence-corrected chi connectivity index (χ2v) is 7.50. The van der Waals surface area contributed by atoms with Gasteiger partial charge in [-0.2, -0.15) is 5.10 Å². The molecule has 6 nitrogen and oxygen atoms in total. The van der Waals surface area contributed by atoms with Crippen LogP contribution in [0.1, 0.15) is 27.7 Å². The van der Waals surface area contributed by atoms with Crippen LogP contribution in [0.4, 0.5) is 0 Å². The lowest BCUT2D eigenvalue weighted by atomic mass is 10.1. The summed E-state index contributed by atoms with van der Waals surface area (Å²) in [5, 5.41) is 4.02. The maximum atomic E-state index is 12.4. The predicted octanol–water partition coefficient (Wildman–Crippen LogP) is 0.910. The minimum atomic E-state index is -3.48. The maximum absolute atomic E-state index is 12.4. The third kappa shape index (κ3) is 3.21. The van der Waals surface area contributed by atoms with Gasteiger partial charge in [-0.15, -0.1) is 0 Å². The molecule has 1 aromatic rings. The van der Waals surface area contributed by atoms with Gasteiger partial charge in [-0.05, 0) is 26.7 Å². The van der Waals surface area contributed by atoms with Crippen molar-refractivity contribution in [1.82, 2.24) is 19.4 Å². The molecule has 0 saturated carbocycles. The van der Waals surface area contributed by atoms with E-state index in [9.17, 15) is 8.42 Å². The molecule has 1 fully saturated rings. The molecule has 0 bridgehead atoms. The van der Waals surface area contributed by atoms with Crippen LogP contribution >= 0.6 is 0 Å². The molecule has 0 amide bonds. The molecule has 0 aliphatic carbocycles. The van der Waals surface area contributed by atoms with E-state index >= 15 is 0 Å². The van der Waals surface area contributed by atoms with Gasteiger partial charge in [0.25, 0.3) is 0 Å². The molecule has 1 saturated heterocycles. The van der Waals surface area contributed by atoms with Crippen molar-refractivity contribution in [3.8, 4) is 0 Å². The van der Waals surface area contributed by atoms with E-state index in [1.807, 2.05) is 6.92 Å². The highest BCUT2D eigenvalue weighted by molar-refractivity contribution is 7.89.